The van der Waals surface area contributed by atoms with E-state index in [2.05, 4.69) is 21.3 Å². The maximum absolute atomic E-state index is 13.5. The molecule has 0 aliphatic rings. The summed E-state index contributed by atoms with van der Waals surface area (Å²) < 4.78 is 0. The summed E-state index contributed by atoms with van der Waals surface area (Å²) in [6.45, 7) is 1.20. The fraction of sp³-hybridized carbons (Fsp3) is 0.613. The zero-order chi connectivity index (χ0) is 41.5. The lowest BCUT2D eigenvalue weighted by atomic mass is 9.96. The topological polar surface area (TPSA) is 366 Å². The number of hydrogen-bond donors (Lipinski definition) is 10. The predicted octanol–water partition coefficient (Wildman–Crippen LogP) is -2.50. The number of carboxylic acid groups (broad SMARTS) is 5. The highest BCUT2D eigenvalue weighted by atomic mass is 32.2. The molecule has 0 aliphatic heterocycles. The summed E-state index contributed by atoms with van der Waals surface area (Å²) in [5, 5.41) is 56.5. The van der Waals surface area contributed by atoms with Crippen LogP contribution in [0, 0.1) is 5.92 Å². The van der Waals surface area contributed by atoms with Crippen molar-refractivity contribution in [3.8, 4) is 0 Å². The van der Waals surface area contributed by atoms with Crippen LogP contribution in [-0.4, -0.2) is 139 Å². The van der Waals surface area contributed by atoms with Gasteiger partial charge in [0.05, 0.1) is 24.8 Å². The van der Waals surface area contributed by atoms with Gasteiger partial charge in [0.25, 0.3) is 0 Å². The average molecular weight is 792 g/mol. The van der Waals surface area contributed by atoms with E-state index in [4.69, 9.17) is 10.2 Å². The Labute approximate surface area is 311 Å². The molecule has 0 unspecified atom stereocenters. The van der Waals surface area contributed by atoms with E-state index in [9.17, 15) is 72.9 Å². The Morgan fingerprint density at radius 3 is 1.24 bits per heavy atom. The zero-order valence-corrected chi connectivity index (χ0v) is 30.2. The van der Waals surface area contributed by atoms with Crippen molar-refractivity contribution in [2.45, 2.75) is 101 Å². The van der Waals surface area contributed by atoms with E-state index in [1.54, 1.807) is 6.26 Å². The minimum absolute atomic E-state index is 0.149. The largest absolute Gasteiger partial charge is 0.481 e. The highest BCUT2D eigenvalue weighted by molar-refractivity contribution is 7.98. The van der Waals surface area contributed by atoms with Crippen molar-refractivity contribution in [1.29, 1.82) is 0 Å². The van der Waals surface area contributed by atoms with Crippen LogP contribution in [0.15, 0.2) is 0 Å². The van der Waals surface area contributed by atoms with Crippen molar-refractivity contribution in [2.75, 3.05) is 12.0 Å². The minimum Gasteiger partial charge on any atom is -0.481 e. The number of aldehydes is 1. The Kier molecular flexibility index (Phi) is 22.7. The first-order valence-corrected chi connectivity index (χ1v) is 17.7. The Hall–Kier alpha value is -5.61. The molecule has 6 atom stereocenters. The molecule has 0 rings (SSSR count). The maximum atomic E-state index is 13.5. The third-order valence-corrected chi connectivity index (χ3v) is 8.00. The number of nitrogens with one attached hydrogen (secondary N) is 5. The fourth-order valence-electron chi connectivity index (χ4n) is 4.48. The number of carboxylic acids is 5. The Balaban J connectivity index is 6.36. The van der Waals surface area contributed by atoms with Gasteiger partial charge in [-0.05, 0) is 44.6 Å². The van der Waals surface area contributed by atoms with Crippen LogP contribution >= 0.6 is 11.8 Å². The van der Waals surface area contributed by atoms with E-state index in [-0.39, 0.29) is 18.5 Å². The zero-order valence-electron chi connectivity index (χ0n) is 29.4. The second kappa shape index (κ2) is 25.4. The normalized spacial score (nSPS) is 14.0. The van der Waals surface area contributed by atoms with Gasteiger partial charge in [0.15, 0.2) is 5.78 Å². The second-order valence-corrected chi connectivity index (χ2v) is 12.7. The molecular weight excluding hydrogens is 746 g/mol. The quantitative estimate of drug-likeness (QED) is 0.0276. The van der Waals surface area contributed by atoms with E-state index in [1.165, 1.54) is 18.7 Å². The van der Waals surface area contributed by atoms with Gasteiger partial charge in [-0.1, -0.05) is 0 Å². The molecule has 0 radical (unpaired) electrons. The van der Waals surface area contributed by atoms with Crippen molar-refractivity contribution >= 4 is 83.2 Å². The number of rotatable bonds is 29. The van der Waals surface area contributed by atoms with Gasteiger partial charge in [-0.25, -0.2) is 0 Å². The van der Waals surface area contributed by atoms with Gasteiger partial charge in [-0.15, -0.1) is 0 Å². The van der Waals surface area contributed by atoms with Crippen LogP contribution in [-0.2, 0) is 57.5 Å². The van der Waals surface area contributed by atoms with Crippen molar-refractivity contribution in [3.05, 3.63) is 0 Å². The molecular formula is C31H45N5O17S. The van der Waals surface area contributed by atoms with Crippen molar-refractivity contribution < 1.29 is 83.1 Å². The van der Waals surface area contributed by atoms with E-state index >= 15 is 0 Å². The fourth-order valence-corrected chi connectivity index (χ4v) is 4.95. The number of Topliss-reactive ketones (excluding diaryl/α,β-unsaturated/α-hetero) is 1. The molecule has 302 valence electrons. The summed E-state index contributed by atoms with van der Waals surface area (Å²) in [7, 11) is 0. The number of carbonyl (C=O) groups is 12. The number of ketones is 1. The molecule has 0 saturated carbocycles. The van der Waals surface area contributed by atoms with E-state index in [1.807, 2.05) is 5.32 Å². The van der Waals surface area contributed by atoms with E-state index in [0.717, 1.165) is 0 Å². The van der Waals surface area contributed by atoms with Crippen LogP contribution in [0.4, 0.5) is 0 Å². The van der Waals surface area contributed by atoms with Crippen LogP contribution in [0.25, 0.3) is 0 Å². The van der Waals surface area contributed by atoms with Gasteiger partial charge < -0.3 is 56.9 Å². The van der Waals surface area contributed by atoms with Crippen LogP contribution in [0.2, 0.25) is 0 Å². The lowest BCUT2D eigenvalue weighted by Crippen LogP contribution is -2.59. The monoisotopic (exact) mass is 791 g/mol. The molecule has 0 spiro atoms. The summed E-state index contributed by atoms with van der Waals surface area (Å²) in [5.41, 5.74) is 0. The highest BCUT2D eigenvalue weighted by Gasteiger charge is 2.34. The summed E-state index contributed by atoms with van der Waals surface area (Å²) in [6, 6.07) is -8.32. The van der Waals surface area contributed by atoms with Crippen molar-refractivity contribution in [2.24, 2.45) is 5.92 Å². The molecule has 0 aromatic carbocycles. The smallest absolute Gasteiger partial charge is 0.305 e. The molecule has 0 bridgehead atoms. The number of hydrogen-bond acceptors (Lipinski definition) is 13. The minimum atomic E-state index is -1.84. The SMILES string of the molecule is CSCC[C@H](NC(=O)[C@H](CCC(=O)O)NC(=O)[C@H](CC(=O)O)NC(=O)CCC(=O)O)C(=O)N[C@@H](CCC(=O)O)C(=O)N[C@@H](CCC(=O)O)C(=O)[C@@H](C)C=O. The van der Waals surface area contributed by atoms with Gasteiger partial charge in [-0.2, -0.15) is 11.8 Å². The second-order valence-electron chi connectivity index (χ2n) is 11.8. The first kappa shape index (κ1) is 48.4. The Morgan fingerprint density at radius 1 is 0.500 bits per heavy atom. The molecule has 5 amide bonds. The number of amides is 5. The highest BCUT2D eigenvalue weighted by Crippen LogP contribution is 2.10. The van der Waals surface area contributed by atoms with Crippen molar-refractivity contribution in [3.63, 3.8) is 0 Å². The first-order chi connectivity index (χ1) is 25.2. The van der Waals surface area contributed by atoms with Gasteiger partial charge in [0, 0.05) is 25.7 Å². The lowest BCUT2D eigenvalue weighted by Gasteiger charge is -2.27. The van der Waals surface area contributed by atoms with Crippen LogP contribution < -0.4 is 26.6 Å². The van der Waals surface area contributed by atoms with Crippen molar-refractivity contribution in [1.82, 2.24) is 26.6 Å². The van der Waals surface area contributed by atoms with Gasteiger partial charge in [0.2, 0.25) is 29.5 Å². The maximum Gasteiger partial charge on any atom is 0.305 e. The summed E-state index contributed by atoms with van der Waals surface area (Å²) in [6.07, 6.45) is -4.18. The standard InChI is InChI=1S/C31H45N5O17S/c1-15(14-37)27(49)16(3-7-22(39)40)33-28(50)17(4-8-23(41)42)34-30(52)19(11-12-54-2)36-29(51)18(5-9-24(43)44)35-31(53)20(13-26(47)48)32-21(38)6-10-25(45)46/h14-20H,3-13H2,1-2H3,(H,32,38)(H,33,50)(H,34,52)(H,35,53)(H,36,51)(H,39,40)(H,41,42)(H,43,44)(H,45,46)(H,47,48)/t15-,16-,17-,18-,19-,20-/m0/s1. The average Bonchev–Trinajstić information content (AvgIpc) is 3.08. The van der Waals surface area contributed by atoms with Crippen LogP contribution in [0.1, 0.15) is 71.1 Å². The Bertz CT molecular complexity index is 1420. The molecule has 0 heterocycles. The molecule has 0 aliphatic carbocycles. The van der Waals surface area contributed by atoms with Gasteiger partial charge >= 0.3 is 29.8 Å². The summed E-state index contributed by atoms with van der Waals surface area (Å²) in [5.74, 6) is -14.6. The number of thioether (sulfide) groups is 1. The first-order valence-electron chi connectivity index (χ1n) is 16.3. The van der Waals surface area contributed by atoms with Gasteiger partial charge in [-0.3, -0.25) is 52.7 Å². The molecule has 54 heavy (non-hydrogen) atoms. The molecule has 0 aromatic heterocycles. The predicted molar refractivity (Wildman–Crippen MR) is 183 cm³/mol. The molecule has 10 N–H and O–H groups in total. The number of aliphatic carboxylic acids is 5. The third-order valence-electron chi connectivity index (χ3n) is 7.36. The molecule has 22 nitrogen and oxygen atoms in total. The Morgan fingerprint density at radius 2 is 0.870 bits per heavy atom. The summed E-state index contributed by atoms with van der Waals surface area (Å²) >= 11 is 1.21. The third kappa shape index (κ3) is 20.4. The molecule has 23 heteroatoms. The van der Waals surface area contributed by atoms with Gasteiger partial charge in [0.1, 0.15) is 30.5 Å². The van der Waals surface area contributed by atoms with Crippen LogP contribution in [0.5, 0.6) is 0 Å². The van der Waals surface area contributed by atoms with E-state index < -0.39 is 159 Å². The van der Waals surface area contributed by atoms with E-state index in [0.29, 0.717) is 0 Å². The lowest BCUT2D eigenvalue weighted by molar-refractivity contribution is -0.142. The van der Waals surface area contributed by atoms with Crippen LogP contribution in [0.3, 0.4) is 0 Å². The summed E-state index contributed by atoms with van der Waals surface area (Å²) in [4.78, 5) is 145. The number of carbonyl (C=O) groups excluding carboxylic acids is 7. The molecule has 0 saturated heterocycles. The molecule has 0 aromatic rings. The molecule has 0 fully saturated rings.